The lowest BCUT2D eigenvalue weighted by atomic mass is 10.0. The second kappa shape index (κ2) is 11.7. The Bertz CT molecular complexity index is 1630. The molecule has 8 heteroatoms. The van der Waals surface area contributed by atoms with Gasteiger partial charge in [0.1, 0.15) is 17.2 Å². The van der Waals surface area contributed by atoms with E-state index >= 15 is 0 Å². The molecule has 1 aromatic heterocycles. The second-order valence-corrected chi connectivity index (χ2v) is 9.42. The number of ether oxygens (including phenoxy) is 2. The van der Waals surface area contributed by atoms with Crippen molar-refractivity contribution in [1.82, 2.24) is 4.98 Å². The Labute approximate surface area is 235 Å². The minimum Gasteiger partial charge on any atom is -0.478 e. The van der Waals surface area contributed by atoms with Crippen LogP contribution in [0.3, 0.4) is 0 Å². The minimum absolute atomic E-state index is 0.244. The highest BCUT2D eigenvalue weighted by atomic mass is 19.4. The number of nitrogens with zero attached hydrogens (tertiary/aromatic N) is 1. The molecule has 0 saturated carbocycles. The highest BCUT2D eigenvalue weighted by Gasteiger charge is 2.30. The van der Waals surface area contributed by atoms with Gasteiger partial charge in [-0.15, -0.1) is 0 Å². The Balaban J connectivity index is 1.34. The number of hydrogen-bond acceptors (Lipinski definition) is 5. The van der Waals surface area contributed by atoms with Gasteiger partial charge in [0.25, 0.3) is 0 Å². The average Bonchev–Trinajstić information content (AvgIpc) is 3.38. The molecule has 0 saturated heterocycles. The van der Waals surface area contributed by atoms with Crippen LogP contribution in [0.5, 0.6) is 5.75 Å². The Morgan fingerprint density at radius 1 is 0.829 bits per heavy atom. The SMILES string of the molecule is COC(=O)C(Cc1ccccc1)Oc1ccc(-c2cccc(-c3nc(-c4ccc(C(F)(F)F)cc4)oc3C)c2)cc1. The average molecular weight is 558 g/mol. The molecule has 0 spiro atoms. The number of methoxy groups -OCH3 is 1. The van der Waals surface area contributed by atoms with Crippen molar-refractivity contribution < 1.29 is 31.9 Å². The summed E-state index contributed by atoms with van der Waals surface area (Å²) in [5, 5.41) is 0. The lowest BCUT2D eigenvalue weighted by Gasteiger charge is -2.17. The first kappa shape index (κ1) is 27.7. The van der Waals surface area contributed by atoms with Crippen molar-refractivity contribution in [3.63, 3.8) is 0 Å². The van der Waals surface area contributed by atoms with Gasteiger partial charge in [0.2, 0.25) is 5.89 Å². The fourth-order valence-corrected chi connectivity index (χ4v) is 4.46. The van der Waals surface area contributed by atoms with Crippen LogP contribution in [-0.4, -0.2) is 24.2 Å². The van der Waals surface area contributed by atoms with Gasteiger partial charge in [0, 0.05) is 17.5 Å². The number of carbonyl (C=O) groups excluding carboxylic acids is 1. The molecule has 0 fully saturated rings. The lowest BCUT2D eigenvalue weighted by molar-refractivity contribution is -0.148. The summed E-state index contributed by atoms with van der Waals surface area (Å²) in [4.78, 5) is 16.9. The quantitative estimate of drug-likeness (QED) is 0.180. The van der Waals surface area contributed by atoms with Crippen LogP contribution in [0.1, 0.15) is 16.9 Å². The van der Waals surface area contributed by atoms with E-state index in [1.807, 2.05) is 66.7 Å². The van der Waals surface area contributed by atoms with Gasteiger partial charge < -0.3 is 13.9 Å². The molecule has 0 radical (unpaired) electrons. The zero-order valence-electron chi connectivity index (χ0n) is 22.3. The summed E-state index contributed by atoms with van der Waals surface area (Å²) >= 11 is 0. The number of oxazole rings is 1. The number of esters is 1. The van der Waals surface area contributed by atoms with E-state index in [4.69, 9.17) is 13.9 Å². The third kappa shape index (κ3) is 6.49. The maximum absolute atomic E-state index is 12.9. The van der Waals surface area contributed by atoms with Crippen LogP contribution in [0.4, 0.5) is 13.2 Å². The molecule has 1 atom stereocenters. The highest BCUT2D eigenvalue weighted by Crippen LogP contribution is 2.34. The Hall–Kier alpha value is -4.85. The molecule has 5 nitrogen and oxygen atoms in total. The van der Waals surface area contributed by atoms with Crippen LogP contribution >= 0.6 is 0 Å². The van der Waals surface area contributed by atoms with Crippen LogP contribution in [0.2, 0.25) is 0 Å². The summed E-state index contributed by atoms with van der Waals surface area (Å²) in [6.45, 7) is 1.77. The molecular formula is C33H26F3NO4. The van der Waals surface area contributed by atoms with E-state index in [1.54, 1.807) is 19.1 Å². The van der Waals surface area contributed by atoms with Crippen LogP contribution in [0.15, 0.2) is 108 Å². The summed E-state index contributed by atoms with van der Waals surface area (Å²) in [5.41, 5.74) is 3.92. The Kier molecular flexibility index (Phi) is 7.92. The zero-order valence-corrected chi connectivity index (χ0v) is 22.3. The summed E-state index contributed by atoms with van der Waals surface area (Å²) < 4.78 is 55.5. The second-order valence-electron chi connectivity index (χ2n) is 9.42. The number of hydrogen-bond donors (Lipinski definition) is 0. The van der Waals surface area contributed by atoms with Gasteiger partial charge >= 0.3 is 12.1 Å². The molecule has 0 bridgehead atoms. The largest absolute Gasteiger partial charge is 0.478 e. The lowest BCUT2D eigenvalue weighted by Crippen LogP contribution is -2.30. The fourth-order valence-electron chi connectivity index (χ4n) is 4.46. The third-order valence-electron chi connectivity index (χ3n) is 6.59. The van der Waals surface area contributed by atoms with Crippen LogP contribution in [-0.2, 0) is 22.1 Å². The molecule has 4 aromatic carbocycles. The normalized spacial score (nSPS) is 12.1. The Morgan fingerprint density at radius 3 is 2.15 bits per heavy atom. The van der Waals surface area contributed by atoms with Crippen molar-refractivity contribution in [2.24, 2.45) is 0 Å². The highest BCUT2D eigenvalue weighted by molar-refractivity contribution is 5.76. The summed E-state index contributed by atoms with van der Waals surface area (Å²) in [6.07, 6.45) is -4.82. The van der Waals surface area contributed by atoms with Crippen molar-refractivity contribution in [1.29, 1.82) is 0 Å². The molecule has 41 heavy (non-hydrogen) atoms. The smallest absolute Gasteiger partial charge is 0.416 e. The molecule has 0 aliphatic carbocycles. The standard InChI is InChI=1S/C33H26F3NO4/c1-21-30(37-31(40-21)24-11-15-27(16-12-24)33(34,35)36)26-10-6-9-25(20-26)23-13-17-28(18-14-23)41-29(32(38)39-2)19-22-7-4-3-5-8-22/h3-18,20,29H,19H2,1-2H3. The van der Waals surface area contributed by atoms with Crippen molar-refractivity contribution in [3.8, 4) is 39.6 Å². The van der Waals surface area contributed by atoms with E-state index in [9.17, 15) is 18.0 Å². The predicted octanol–water partition coefficient (Wildman–Crippen LogP) is 8.17. The summed E-state index contributed by atoms with van der Waals surface area (Å²) in [7, 11) is 1.34. The fraction of sp³-hybridized carbons (Fsp3) is 0.152. The molecule has 208 valence electrons. The molecule has 0 aliphatic heterocycles. The van der Waals surface area contributed by atoms with Crippen LogP contribution < -0.4 is 4.74 Å². The zero-order chi connectivity index (χ0) is 29.0. The van der Waals surface area contributed by atoms with Gasteiger partial charge in [0.05, 0.1) is 12.7 Å². The number of aromatic nitrogens is 1. The van der Waals surface area contributed by atoms with Gasteiger partial charge in [-0.1, -0.05) is 60.7 Å². The molecule has 0 aliphatic rings. The molecule has 5 rings (SSSR count). The first-order valence-corrected chi connectivity index (χ1v) is 12.9. The first-order chi connectivity index (χ1) is 19.7. The molecule has 0 amide bonds. The van der Waals surface area contributed by atoms with Gasteiger partial charge in [-0.3, -0.25) is 0 Å². The van der Waals surface area contributed by atoms with Crippen molar-refractivity contribution >= 4 is 5.97 Å². The van der Waals surface area contributed by atoms with Gasteiger partial charge in [-0.2, -0.15) is 13.2 Å². The summed E-state index contributed by atoms with van der Waals surface area (Å²) in [5.74, 6) is 0.871. The van der Waals surface area contributed by atoms with Gasteiger partial charge in [-0.25, -0.2) is 9.78 Å². The van der Waals surface area contributed by atoms with E-state index < -0.39 is 23.8 Å². The van der Waals surface area contributed by atoms with Gasteiger partial charge in [0.15, 0.2) is 6.10 Å². The third-order valence-corrected chi connectivity index (χ3v) is 6.59. The van der Waals surface area contributed by atoms with E-state index in [1.165, 1.54) is 19.2 Å². The maximum atomic E-state index is 12.9. The number of benzene rings is 4. The van der Waals surface area contributed by atoms with E-state index in [0.717, 1.165) is 34.4 Å². The first-order valence-electron chi connectivity index (χ1n) is 12.9. The molecule has 5 aromatic rings. The molecule has 0 N–H and O–H groups in total. The number of aryl methyl sites for hydroxylation is 1. The molecular weight excluding hydrogens is 531 g/mol. The summed E-state index contributed by atoms with van der Waals surface area (Å²) in [6, 6.07) is 29.4. The Morgan fingerprint density at radius 2 is 1.49 bits per heavy atom. The maximum Gasteiger partial charge on any atom is 0.416 e. The van der Waals surface area contributed by atoms with Crippen molar-refractivity contribution in [3.05, 3.63) is 120 Å². The van der Waals surface area contributed by atoms with Crippen molar-refractivity contribution in [2.75, 3.05) is 7.11 Å². The minimum atomic E-state index is -4.41. The van der Waals surface area contributed by atoms with E-state index in [-0.39, 0.29) is 5.89 Å². The van der Waals surface area contributed by atoms with Crippen molar-refractivity contribution in [2.45, 2.75) is 25.6 Å². The molecule has 1 heterocycles. The topological polar surface area (TPSA) is 61.6 Å². The number of rotatable bonds is 8. The molecule has 1 unspecified atom stereocenters. The van der Waals surface area contributed by atoms with E-state index in [0.29, 0.717) is 29.2 Å². The monoisotopic (exact) mass is 557 g/mol. The predicted molar refractivity (Wildman–Crippen MR) is 149 cm³/mol. The number of carbonyl (C=O) groups is 1. The number of alkyl halides is 3. The van der Waals surface area contributed by atoms with Crippen LogP contribution in [0, 0.1) is 6.92 Å². The van der Waals surface area contributed by atoms with E-state index in [2.05, 4.69) is 4.98 Å². The number of halogens is 3. The van der Waals surface area contributed by atoms with Gasteiger partial charge in [-0.05, 0) is 66.1 Å². The van der Waals surface area contributed by atoms with Crippen LogP contribution in [0.25, 0.3) is 33.8 Å².